The molecule has 0 unspecified atom stereocenters. The molecule has 2 N–H and O–H groups in total. The van der Waals surface area contributed by atoms with E-state index in [2.05, 4.69) is 17.2 Å². The zero-order valence-electron chi connectivity index (χ0n) is 11.4. The minimum Gasteiger partial charge on any atom is -0.493 e. The Hall–Kier alpha value is -1.68. The molecule has 0 aliphatic carbocycles. The average Bonchev–Trinajstić information content (AvgIpc) is 2.69. The van der Waals surface area contributed by atoms with E-state index in [4.69, 9.17) is 9.47 Å². The Morgan fingerprint density at radius 2 is 1.83 bits per heavy atom. The molecule has 0 aliphatic heterocycles. The topological polar surface area (TPSA) is 46.3 Å². The third kappa shape index (κ3) is 2.16. The van der Waals surface area contributed by atoms with Crippen molar-refractivity contribution >= 4 is 10.9 Å². The summed E-state index contributed by atoms with van der Waals surface area (Å²) in [6.45, 7) is 3.06. The molecule has 0 amide bonds. The normalized spacial score (nSPS) is 10.9. The first kappa shape index (κ1) is 12.8. The predicted octanol–water partition coefficient (Wildman–Crippen LogP) is 2.26. The van der Waals surface area contributed by atoms with E-state index in [9.17, 15) is 0 Å². The maximum atomic E-state index is 5.36. The van der Waals surface area contributed by atoms with Gasteiger partial charge in [-0.15, -0.1) is 0 Å². The number of rotatable bonds is 5. The monoisotopic (exact) mass is 248 g/mol. The number of H-pyrrole nitrogens is 1. The van der Waals surface area contributed by atoms with E-state index in [1.54, 1.807) is 14.2 Å². The number of aryl methyl sites for hydroxylation is 1. The van der Waals surface area contributed by atoms with Crippen LogP contribution in [0.5, 0.6) is 11.5 Å². The third-order valence-electron chi connectivity index (χ3n) is 3.25. The van der Waals surface area contributed by atoms with Crippen LogP contribution in [-0.4, -0.2) is 32.8 Å². The summed E-state index contributed by atoms with van der Waals surface area (Å²) in [5, 5.41) is 4.39. The largest absolute Gasteiger partial charge is 0.493 e. The van der Waals surface area contributed by atoms with E-state index < -0.39 is 0 Å². The second-order valence-corrected chi connectivity index (χ2v) is 4.33. The molecule has 1 aromatic heterocycles. The molecule has 0 spiro atoms. The van der Waals surface area contributed by atoms with Crippen molar-refractivity contribution in [1.82, 2.24) is 10.3 Å². The summed E-state index contributed by atoms with van der Waals surface area (Å²) in [5.74, 6) is 1.53. The molecule has 0 radical (unpaired) electrons. The van der Waals surface area contributed by atoms with Crippen molar-refractivity contribution in [2.24, 2.45) is 0 Å². The van der Waals surface area contributed by atoms with Gasteiger partial charge in [0.2, 0.25) is 0 Å². The molecule has 0 bridgehead atoms. The average molecular weight is 248 g/mol. The summed E-state index contributed by atoms with van der Waals surface area (Å²) in [4.78, 5) is 3.40. The van der Waals surface area contributed by atoms with Gasteiger partial charge >= 0.3 is 0 Å². The minimum atomic E-state index is 0.756. The Morgan fingerprint density at radius 3 is 2.44 bits per heavy atom. The number of fused-ring (bicyclic) bond motifs is 1. The maximum Gasteiger partial charge on any atom is 0.162 e. The number of benzene rings is 1. The van der Waals surface area contributed by atoms with E-state index in [1.165, 1.54) is 16.6 Å². The van der Waals surface area contributed by atoms with Gasteiger partial charge in [-0.3, -0.25) is 0 Å². The highest BCUT2D eigenvalue weighted by Crippen LogP contribution is 2.34. The minimum absolute atomic E-state index is 0.756. The maximum absolute atomic E-state index is 5.36. The summed E-state index contributed by atoms with van der Waals surface area (Å²) >= 11 is 0. The molecule has 1 heterocycles. The van der Waals surface area contributed by atoms with Gasteiger partial charge in [-0.05, 0) is 38.6 Å². The van der Waals surface area contributed by atoms with E-state index in [0.29, 0.717) is 0 Å². The smallest absolute Gasteiger partial charge is 0.162 e. The molecule has 2 rings (SSSR count). The number of nitrogens with one attached hydrogen (secondary N) is 2. The molecular weight excluding hydrogens is 228 g/mol. The summed E-state index contributed by atoms with van der Waals surface area (Å²) < 4.78 is 10.7. The van der Waals surface area contributed by atoms with Crippen LogP contribution < -0.4 is 14.8 Å². The van der Waals surface area contributed by atoms with Crippen molar-refractivity contribution in [3.8, 4) is 11.5 Å². The lowest BCUT2D eigenvalue weighted by atomic mass is 10.1. The summed E-state index contributed by atoms with van der Waals surface area (Å²) in [5.41, 5.74) is 3.63. The highest BCUT2D eigenvalue weighted by molar-refractivity contribution is 5.88. The van der Waals surface area contributed by atoms with Crippen LogP contribution in [0.25, 0.3) is 10.9 Å². The molecule has 0 saturated carbocycles. The first-order valence-corrected chi connectivity index (χ1v) is 6.09. The van der Waals surface area contributed by atoms with E-state index in [0.717, 1.165) is 30.0 Å². The number of methoxy groups -OCH3 is 2. The first-order chi connectivity index (χ1) is 8.71. The van der Waals surface area contributed by atoms with Gasteiger partial charge in [0.25, 0.3) is 0 Å². The van der Waals surface area contributed by atoms with E-state index >= 15 is 0 Å². The van der Waals surface area contributed by atoms with Gasteiger partial charge in [0, 0.05) is 22.7 Å². The van der Waals surface area contributed by atoms with Crippen molar-refractivity contribution in [1.29, 1.82) is 0 Å². The quantitative estimate of drug-likeness (QED) is 0.853. The van der Waals surface area contributed by atoms with Crippen molar-refractivity contribution in [2.45, 2.75) is 13.3 Å². The summed E-state index contributed by atoms with van der Waals surface area (Å²) in [6.07, 6.45) is 0.998. The molecule has 0 aliphatic rings. The van der Waals surface area contributed by atoms with Crippen LogP contribution in [0.2, 0.25) is 0 Å². The van der Waals surface area contributed by atoms with E-state index in [1.807, 2.05) is 19.2 Å². The van der Waals surface area contributed by atoms with Gasteiger partial charge in [-0.2, -0.15) is 0 Å². The number of hydrogen-bond acceptors (Lipinski definition) is 3. The molecule has 4 nitrogen and oxygen atoms in total. The van der Waals surface area contributed by atoms with Crippen LogP contribution in [0.4, 0.5) is 0 Å². The number of aromatic nitrogens is 1. The van der Waals surface area contributed by atoms with Crippen LogP contribution in [0, 0.1) is 6.92 Å². The molecule has 0 atom stereocenters. The van der Waals surface area contributed by atoms with Gasteiger partial charge in [-0.1, -0.05) is 0 Å². The Balaban J connectivity index is 2.55. The van der Waals surface area contributed by atoms with Crippen LogP contribution in [0.3, 0.4) is 0 Å². The number of aromatic amines is 1. The molecular formula is C14H20N2O2. The van der Waals surface area contributed by atoms with Gasteiger partial charge in [0.15, 0.2) is 11.5 Å². The number of ether oxygens (including phenoxy) is 2. The Labute approximate surface area is 107 Å². The third-order valence-corrected chi connectivity index (χ3v) is 3.25. The van der Waals surface area contributed by atoms with Crippen LogP contribution >= 0.6 is 0 Å². The van der Waals surface area contributed by atoms with Crippen molar-refractivity contribution in [3.63, 3.8) is 0 Å². The fraction of sp³-hybridized carbons (Fsp3) is 0.429. The van der Waals surface area contributed by atoms with Crippen LogP contribution in [-0.2, 0) is 6.42 Å². The van der Waals surface area contributed by atoms with Crippen LogP contribution in [0.15, 0.2) is 12.1 Å². The van der Waals surface area contributed by atoms with E-state index in [-0.39, 0.29) is 0 Å². The Bertz CT molecular complexity index is 546. The molecule has 98 valence electrons. The summed E-state index contributed by atoms with van der Waals surface area (Å²) in [6, 6.07) is 4.03. The molecule has 2 aromatic rings. The predicted molar refractivity (Wildman–Crippen MR) is 73.8 cm³/mol. The van der Waals surface area contributed by atoms with Crippen molar-refractivity contribution in [2.75, 3.05) is 27.8 Å². The summed E-state index contributed by atoms with van der Waals surface area (Å²) in [7, 11) is 5.28. The Morgan fingerprint density at radius 1 is 1.17 bits per heavy atom. The zero-order valence-corrected chi connectivity index (χ0v) is 11.4. The molecule has 0 saturated heterocycles. The van der Waals surface area contributed by atoms with Crippen LogP contribution in [0.1, 0.15) is 11.3 Å². The highest BCUT2D eigenvalue weighted by atomic mass is 16.5. The molecule has 1 aromatic carbocycles. The Kier molecular flexibility index (Phi) is 3.77. The second kappa shape index (κ2) is 5.31. The SMILES string of the molecule is CNCCc1c(C)[nH]c2cc(OC)c(OC)cc12. The lowest BCUT2D eigenvalue weighted by molar-refractivity contribution is 0.356. The van der Waals surface area contributed by atoms with Gasteiger partial charge in [0.1, 0.15) is 0 Å². The lowest BCUT2D eigenvalue weighted by Gasteiger charge is -2.08. The highest BCUT2D eigenvalue weighted by Gasteiger charge is 2.12. The fourth-order valence-electron chi connectivity index (χ4n) is 2.28. The molecule has 18 heavy (non-hydrogen) atoms. The van der Waals surface area contributed by atoms with Gasteiger partial charge in [-0.25, -0.2) is 0 Å². The molecule has 0 fully saturated rings. The fourth-order valence-corrected chi connectivity index (χ4v) is 2.28. The number of hydrogen-bond donors (Lipinski definition) is 2. The lowest BCUT2D eigenvalue weighted by Crippen LogP contribution is -2.10. The zero-order chi connectivity index (χ0) is 13.1. The van der Waals surface area contributed by atoms with Crippen molar-refractivity contribution in [3.05, 3.63) is 23.4 Å². The number of likely N-dealkylation sites (N-methyl/N-ethyl adjacent to an activating group) is 1. The standard InChI is InChI=1S/C14H20N2O2/c1-9-10(5-6-15-2)11-7-13(17-3)14(18-4)8-12(11)16-9/h7-8,15-16H,5-6H2,1-4H3. The van der Waals surface area contributed by atoms with Crippen molar-refractivity contribution < 1.29 is 9.47 Å². The second-order valence-electron chi connectivity index (χ2n) is 4.33. The molecule has 4 heteroatoms. The van der Waals surface area contributed by atoms with Gasteiger partial charge < -0.3 is 19.8 Å². The first-order valence-electron chi connectivity index (χ1n) is 6.09. The van der Waals surface area contributed by atoms with Gasteiger partial charge in [0.05, 0.1) is 14.2 Å².